The van der Waals surface area contributed by atoms with Crippen LogP contribution in [0.1, 0.15) is 36.3 Å². The Morgan fingerprint density at radius 1 is 1.35 bits per heavy atom. The van der Waals surface area contributed by atoms with Gasteiger partial charge in [0.15, 0.2) is 0 Å². The van der Waals surface area contributed by atoms with Crippen LogP contribution in [-0.2, 0) is 6.54 Å². The van der Waals surface area contributed by atoms with Crippen LogP contribution in [0.15, 0.2) is 16.5 Å². The van der Waals surface area contributed by atoms with Gasteiger partial charge in [-0.1, -0.05) is 25.2 Å². The monoisotopic (exact) mass is 251 g/mol. The Hall–Kier alpha value is -1.36. The molecule has 0 bridgehead atoms. The number of furan rings is 1. The maximum atomic E-state index is 5.54. The quantitative estimate of drug-likeness (QED) is 0.837. The van der Waals surface area contributed by atoms with E-state index in [0.717, 1.165) is 28.2 Å². The van der Waals surface area contributed by atoms with Crippen LogP contribution in [0.2, 0.25) is 0 Å². The van der Waals surface area contributed by atoms with Gasteiger partial charge >= 0.3 is 0 Å². The molecule has 2 aromatic rings. The molecule has 0 fully saturated rings. The summed E-state index contributed by atoms with van der Waals surface area (Å²) in [4.78, 5) is 2.06. The fraction of sp³-hybridized carbons (Fsp3) is 0.500. The summed E-state index contributed by atoms with van der Waals surface area (Å²) in [7, 11) is 2.00. The highest BCUT2D eigenvalue weighted by Gasteiger charge is 2.12. The van der Waals surface area contributed by atoms with Crippen molar-refractivity contribution in [3.63, 3.8) is 0 Å². The molecule has 4 nitrogen and oxygen atoms in total. The average Bonchev–Trinajstić information content (AvgIpc) is 2.86. The SMILES string of the molecule is Cc1ccc(CN(C)c2nnc(C(C)C)s2)o1. The Morgan fingerprint density at radius 3 is 2.65 bits per heavy atom. The molecule has 5 heteroatoms. The predicted octanol–water partition coefficient (Wildman–Crippen LogP) is 3.20. The van der Waals surface area contributed by atoms with Gasteiger partial charge in [0.25, 0.3) is 0 Å². The number of anilines is 1. The molecule has 2 heterocycles. The molecule has 0 aliphatic heterocycles. The Balaban J connectivity index is 2.06. The first-order valence-corrected chi connectivity index (χ1v) is 6.47. The van der Waals surface area contributed by atoms with E-state index in [0.29, 0.717) is 5.92 Å². The number of aryl methyl sites for hydroxylation is 1. The summed E-state index contributed by atoms with van der Waals surface area (Å²) >= 11 is 1.64. The van der Waals surface area contributed by atoms with Crippen LogP contribution >= 0.6 is 11.3 Å². The number of hydrogen-bond acceptors (Lipinski definition) is 5. The molecule has 0 spiro atoms. The highest BCUT2D eigenvalue weighted by molar-refractivity contribution is 7.15. The van der Waals surface area contributed by atoms with E-state index in [1.165, 1.54) is 0 Å². The summed E-state index contributed by atoms with van der Waals surface area (Å²) in [5.41, 5.74) is 0. The van der Waals surface area contributed by atoms with Crippen molar-refractivity contribution >= 4 is 16.5 Å². The summed E-state index contributed by atoms with van der Waals surface area (Å²) in [5, 5.41) is 10.4. The number of rotatable bonds is 4. The Morgan fingerprint density at radius 2 is 2.12 bits per heavy atom. The first-order chi connectivity index (χ1) is 8.06. The molecule has 0 aliphatic rings. The Kier molecular flexibility index (Phi) is 3.47. The molecule has 0 radical (unpaired) electrons. The van der Waals surface area contributed by atoms with Crippen molar-refractivity contribution in [1.29, 1.82) is 0 Å². The van der Waals surface area contributed by atoms with Crippen molar-refractivity contribution in [2.75, 3.05) is 11.9 Å². The third-order valence-corrected chi connectivity index (χ3v) is 3.78. The molecular weight excluding hydrogens is 234 g/mol. The molecule has 0 unspecified atom stereocenters. The maximum Gasteiger partial charge on any atom is 0.208 e. The second-order valence-electron chi connectivity index (χ2n) is 4.45. The van der Waals surface area contributed by atoms with Crippen LogP contribution in [0, 0.1) is 6.92 Å². The molecule has 92 valence electrons. The van der Waals surface area contributed by atoms with E-state index in [2.05, 4.69) is 28.9 Å². The fourth-order valence-corrected chi connectivity index (χ4v) is 2.29. The van der Waals surface area contributed by atoms with E-state index in [9.17, 15) is 0 Å². The highest BCUT2D eigenvalue weighted by Crippen LogP contribution is 2.25. The molecule has 0 saturated heterocycles. The van der Waals surface area contributed by atoms with Crippen LogP contribution in [0.3, 0.4) is 0 Å². The maximum absolute atomic E-state index is 5.54. The molecule has 0 atom stereocenters. The predicted molar refractivity (Wildman–Crippen MR) is 69.6 cm³/mol. The second-order valence-corrected chi connectivity index (χ2v) is 5.43. The molecule has 2 aromatic heterocycles. The zero-order chi connectivity index (χ0) is 12.4. The zero-order valence-electron chi connectivity index (χ0n) is 10.6. The molecule has 17 heavy (non-hydrogen) atoms. The van der Waals surface area contributed by atoms with Gasteiger partial charge in [0.1, 0.15) is 16.5 Å². The van der Waals surface area contributed by atoms with Crippen LogP contribution in [-0.4, -0.2) is 17.2 Å². The summed E-state index contributed by atoms with van der Waals surface area (Å²) in [6.45, 7) is 6.92. The summed E-state index contributed by atoms with van der Waals surface area (Å²) < 4.78 is 5.54. The first-order valence-electron chi connectivity index (χ1n) is 5.66. The normalized spacial score (nSPS) is 11.1. The van der Waals surface area contributed by atoms with Crippen molar-refractivity contribution in [2.45, 2.75) is 33.2 Å². The molecule has 0 saturated carbocycles. The van der Waals surface area contributed by atoms with Crippen LogP contribution in [0.4, 0.5) is 5.13 Å². The van der Waals surface area contributed by atoms with E-state index in [1.807, 2.05) is 26.1 Å². The lowest BCUT2D eigenvalue weighted by Gasteiger charge is -2.12. The van der Waals surface area contributed by atoms with Gasteiger partial charge in [-0.3, -0.25) is 0 Å². The van der Waals surface area contributed by atoms with Crippen molar-refractivity contribution in [3.8, 4) is 0 Å². The molecule has 0 N–H and O–H groups in total. The number of aromatic nitrogens is 2. The van der Waals surface area contributed by atoms with Crippen LogP contribution in [0.25, 0.3) is 0 Å². The number of hydrogen-bond donors (Lipinski definition) is 0. The van der Waals surface area contributed by atoms with Crippen molar-refractivity contribution < 1.29 is 4.42 Å². The summed E-state index contributed by atoms with van der Waals surface area (Å²) in [6, 6.07) is 3.97. The van der Waals surface area contributed by atoms with Gasteiger partial charge < -0.3 is 9.32 Å². The van der Waals surface area contributed by atoms with Crippen molar-refractivity contribution in [1.82, 2.24) is 10.2 Å². The van der Waals surface area contributed by atoms with Crippen molar-refractivity contribution in [3.05, 3.63) is 28.7 Å². The largest absolute Gasteiger partial charge is 0.464 e. The molecule has 2 rings (SSSR count). The lowest BCUT2D eigenvalue weighted by Crippen LogP contribution is -2.15. The Labute approximate surface area is 105 Å². The van der Waals surface area contributed by atoms with E-state index >= 15 is 0 Å². The van der Waals surface area contributed by atoms with Crippen LogP contribution < -0.4 is 4.90 Å². The lowest BCUT2D eigenvalue weighted by atomic mass is 10.2. The molecule has 0 aromatic carbocycles. The average molecular weight is 251 g/mol. The van der Waals surface area contributed by atoms with Gasteiger partial charge in [0.05, 0.1) is 6.54 Å². The van der Waals surface area contributed by atoms with Gasteiger partial charge in [-0.2, -0.15) is 0 Å². The molecular formula is C12H17N3OS. The summed E-state index contributed by atoms with van der Waals surface area (Å²) in [5.74, 6) is 2.32. The van der Waals surface area contributed by atoms with Gasteiger partial charge in [-0.15, -0.1) is 10.2 Å². The van der Waals surface area contributed by atoms with Crippen LogP contribution in [0.5, 0.6) is 0 Å². The third-order valence-electron chi connectivity index (χ3n) is 2.44. The molecule has 0 amide bonds. The summed E-state index contributed by atoms with van der Waals surface area (Å²) in [6.07, 6.45) is 0. The minimum Gasteiger partial charge on any atom is -0.464 e. The van der Waals surface area contributed by atoms with Gasteiger partial charge in [-0.05, 0) is 19.1 Å². The minimum absolute atomic E-state index is 0.431. The van der Waals surface area contributed by atoms with Gasteiger partial charge in [-0.25, -0.2) is 0 Å². The number of nitrogens with zero attached hydrogens (tertiary/aromatic N) is 3. The third kappa shape index (κ3) is 2.85. The smallest absolute Gasteiger partial charge is 0.208 e. The molecule has 0 aliphatic carbocycles. The van der Waals surface area contributed by atoms with E-state index in [-0.39, 0.29) is 0 Å². The van der Waals surface area contributed by atoms with Gasteiger partial charge in [0, 0.05) is 13.0 Å². The zero-order valence-corrected chi connectivity index (χ0v) is 11.4. The highest BCUT2D eigenvalue weighted by atomic mass is 32.1. The Bertz CT molecular complexity index is 489. The second kappa shape index (κ2) is 4.87. The van der Waals surface area contributed by atoms with E-state index < -0.39 is 0 Å². The van der Waals surface area contributed by atoms with E-state index in [1.54, 1.807) is 11.3 Å². The minimum atomic E-state index is 0.431. The topological polar surface area (TPSA) is 42.2 Å². The lowest BCUT2D eigenvalue weighted by molar-refractivity contribution is 0.481. The van der Waals surface area contributed by atoms with Gasteiger partial charge in [0.2, 0.25) is 5.13 Å². The van der Waals surface area contributed by atoms with E-state index in [4.69, 9.17) is 4.42 Å². The standard InChI is InChI=1S/C12H17N3OS/c1-8(2)11-13-14-12(17-11)15(4)7-10-6-5-9(3)16-10/h5-6,8H,7H2,1-4H3. The fourth-order valence-electron chi connectivity index (χ4n) is 1.49. The van der Waals surface area contributed by atoms with Crippen molar-refractivity contribution in [2.24, 2.45) is 0 Å². The first kappa shape index (κ1) is 12.1.